The van der Waals surface area contributed by atoms with Crippen LogP contribution in [0.3, 0.4) is 0 Å². The van der Waals surface area contributed by atoms with E-state index in [9.17, 15) is 0 Å². The Bertz CT molecular complexity index is 353. The number of para-hydroxylation sites is 1. The van der Waals surface area contributed by atoms with Crippen LogP contribution in [0.2, 0.25) is 0 Å². The predicted octanol–water partition coefficient (Wildman–Crippen LogP) is 3.29. The number of nitrogens with one attached hydrogen (secondary N) is 1. The van der Waals surface area contributed by atoms with Gasteiger partial charge in [-0.05, 0) is 50.4 Å². The highest BCUT2D eigenvalue weighted by molar-refractivity contribution is 5.52. The van der Waals surface area contributed by atoms with Gasteiger partial charge >= 0.3 is 0 Å². The molecule has 0 amide bonds. The van der Waals surface area contributed by atoms with E-state index in [0.717, 1.165) is 12.6 Å². The van der Waals surface area contributed by atoms with Crippen LogP contribution in [0.15, 0.2) is 24.3 Å². The number of hydrogen-bond donors (Lipinski definition) is 1. The Hall–Kier alpha value is -1.02. The molecule has 0 aromatic heterocycles. The molecule has 98 valence electrons. The quantitative estimate of drug-likeness (QED) is 0.815. The van der Waals surface area contributed by atoms with Crippen LogP contribution in [0.25, 0.3) is 0 Å². The van der Waals surface area contributed by atoms with E-state index in [1.165, 1.54) is 62.9 Å². The molecule has 2 aliphatic rings. The third-order valence-corrected chi connectivity index (χ3v) is 4.45. The summed E-state index contributed by atoms with van der Waals surface area (Å²) in [7, 11) is 0. The molecule has 0 bridgehead atoms. The van der Waals surface area contributed by atoms with Crippen molar-refractivity contribution in [2.24, 2.45) is 0 Å². The average molecular weight is 244 g/mol. The highest BCUT2D eigenvalue weighted by Crippen LogP contribution is 2.24. The molecule has 0 spiro atoms. The molecule has 1 fully saturated rings. The summed E-state index contributed by atoms with van der Waals surface area (Å²) in [4.78, 5) is 2.73. The number of rotatable bonds is 1. The topological polar surface area (TPSA) is 15.3 Å². The van der Waals surface area contributed by atoms with Crippen molar-refractivity contribution in [2.75, 3.05) is 25.0 Å². The first-order chi connectivity index (χ1) is 8.93. The fourth-order valence-corrected chi connectivity index (χ4v) is 3.33. The molecular weight excluding hydrogens is 220 g/mol. The van der Waals surface area contributed by atoms with Crippen LogP contribution in [0.5, 0.6) is 0 Å². The summed E-state index contributed by atoms with van der Waals surface area (Å²) in [5.74, 6) is 0. The molecule has 0 saturated carbocycles. The van der Waals surface area contributed by atoms with Gasteiger partial charge in [-0.25, -0.2) is 0 Å². The lowest BCUT2D eigenvalue weighted by Crippen LogP contribution is -2.40. The Morgan fingerprint density at radius 1 is 1.00 bits per heavy atom. The van der Waals surface area contributed by atoms with E-state index in [-0.39, 0.29) is 0 Å². The maximum absolute atomic E-state index is 3.65. The summed E-state index contributed by atoms with van der Waals surface area (Å²) in [5.41, 5.74) is 2.85. The van der Waals surface area contributed by atoms with Crippen molar-refractivity contribution in [3.8, 4) is 0 Å². The molecule has 2 nitrogen and oxygen atoms in total. The Morgan fingerprint density at radius 3 is 2.61 bits per heavy atom. The molecule has 0 radical (unpaired) electrons. The number of hydrogen-bond acceptors (Lipinski definition) is 2. The SMILES string of the molecule is c1ccc2c(c1)CCC(N1CCCCCC1)CN2. The van der Waals surface area contributed by atoms with Crippen molar-refractivity contribution < 1.29 is 0 Å². The van der Waals surface area contributed by atoms with Crippen molar-refractivity contribution in [2.45, 2.75) is 44.6 Å². The molecule has 1 atom stereocenters. The third-order valence-electron chi connectivity index (χ3n) is 4.45. The molecule has 1 aromatic carbocycles. The Morgan fingerprint density at radius 2 is 1.78 bits per heavy atom. The van der Waals surface area contributed by atoms with Crippen LogP contribution in [0, 0.1) is 0 Å². The van der Waals surface area contributed by atoms with Crippen molar-refractivity contribution in [3.63, 3.8) is 0 Å². The number of nitrogens with zero attached hydrogens (tertiary/aromatic N) is 1. The molecule has 1 aromatic rings. The lowest BCUT2D eigenvalue weighted by molar-refractivity contribution is 0.203. The van der Waals surface area contributed by atoms with E-state index < -0.39 is 0 Å². The van der Waals surface area contributed by atoms with E-state index >= 15 is 0 Å². The Balaban J connectivity index is 1.66. The summed E-state index contributed by atoms with van der Waals surface area (Å²) in [5, 5.41) is 3.65. The molecule has 3 rings (SSSR count). The van der Waals surface area contributed by atoms with E-state index in [2.05, 4.69) is 34.5 Å². The summed E-state index contributed by atoms with van der Waals surface area (Å²) < 4.78 is 0. The molecule has 1 saturated heterocycles. The predicted molar refractivity (Wildman–Crippen MR) is 77.1 cm³/mol. The Labute approximate surface area is 110 Å². The summed E-state index contributed by atoms with van der Waals surface area (Å²) in [6.07, 6.45) is 8.18. The normalized spacial score (nSPS) is 25.7. The van der Waals surface area contributed by atoms with Crippen molar-refractivity contribution in [1.82, 2.24) is 4.90 Å². The zero-order valence-electron chi connectivity index (χ0n) is 11.2. The second-order valence-corrected chi connectivity index (χ2v) is 5.68. The molecule has 18 heavy (non-hydrogen) atoms. The summed E-state index contributed by atoms with van der Waals surface area (Å²) in [6, 6.07) is 9.52. The van der Waals surface area contributed by atoms with Crippen molar-refractivity contribution in [1.29, 1.82) is 0 Å². The zero-order valence-corrected chi connectivity index (χ0v) is 11.2. The van der Waals surface area contributed by atoms with Gasteiger partial charge in [0.25, 0.3) is 0 Å². The van der Waals surface area contributed by atoms with Gasteiger partial charge in [-0.3, -0.25) is 4.90 Å². The lowest BCUT2D eigenvalue weighted by atomic mass is 10.1. The van der Waals surface area contributed by atoms with E-state index in [1.54, 1.807) is 0 Å². The maximum atomic E-state index is 3.65. The van der Waals surface area contributed by atoms with Gasteiger partial charge in [-0.1, -0.05) is 31.0 Å². The van der Waals surface area contributed by atoms with Crippen molar-refractivity contribution in [3.05, 3.63) is 29.8 Å². The van der Waals surface area contributed by atoms with Gasteiger partial charge in [0.15, 0.2) is 0 Å². The first-order valence-corrected chi connectivity index (χ1v) is 7.49. The fraction of sp³-hybridized carbons (Fsp3) is 0.625. The highest BCUT2D eigenvalue weighted by Gasteiger charge is 2.22. The number of aryl methyl sites for hydroxylation is 1. The standard InChI is InChI=1S/C16H24N2/c1-2-6-12-18(11-5-1)15-10-9-14-7-3-4-8-16(14)17-13-15/h3-4,7-8,15,17H,1-2,5-6,9-13H2. The number of benzene rings is 1. The minimum absolute atomic E-state index is 0.732. The average Bonchev–Trinajstić information content (AvgIpc) is 2.79. The summed E-state index contributed by atoms with van der Waals surface area (Å²) >= 11 is 0. The van der Waals surface area contributed by atoms with Crippen molar-refractivity contribution >= 4 is 5.69 Å². The van der Waals surface area contributed by atoms with Gasteiger partial charge in [-0.2, -0.15) is 0 Å². The molecule has 2 heteroatoms. The molecular formula is C16H24N2. The van der Waals surface area contributed by atoms with Gasteiger partial charge in [-0.15, -0.1) is 0 Å². The van der Waals surface area contributed by atoms with Gasteiger partial charge in [0.05, 0.1) is 0 Å². The van der Waals surface area contributed by atoms with Crippen LogP contribution in [-0.4, -0.2) is 30.6 Å². The number of fused-ring (bicyclic) bond motifs is 1. The fourth-order valence-electron chi connectivity index (χ4n) is 3.33. The molecule has 1 unspecified atom stereocenters. The van der Waals surface area contributed by atoms with Crippen LogP contribution in [-0.2, 0) is 6.42 Å². The van der Waals surface area contributed by atoms with E-state index in [4.69, 9.17) is 0 Å². The largest absolute Gasteiger partial charge is 0.383 e. The number of likely N-dealkylation sites (tertiary alicyclic amines) is 1. The van der Waals surface area contributed by atoms with E-state index in [0.29, 0.717) is 0 Å². The molecule has 0 aliphatic carbocycles. The summed E-state index contributed by atoms with van der Waals surface area (Å²) in [6.45, 7) is 3.74. The van der Waals surface area contributed by atoms with Gasteiger partial charge in [0.1, 0.15) is 0 Å². The maximum Gasteiger partial charge on any atom is 0.0373 e. The molecule has 2 aliphatic heterocycles. The number of anilines is 1. The molecule has 1 N–H and O–H groups in total. The van der Waals surface area contributed by atoms with Gasteiger partial charge in [0.2, 0.25) is 0 Å². The lowest BCUT2D eigenvalue weighted by Gasteiger charge is -2.29. The second-order valence-electron chi connectivity index (χ2n) is 5.68. The highest BCUT2D eigenvalue weighted by atomic mass is 15.2. The van der Waals surface area contributed by atoms with Crippen LogP contribution in [0.1, 0.15) is 37.7 Å². The van der Waals surface area contributed by atoms with Crippen LogP contribution >= 0.6 is 0 Å². The van der Waals surface area contributed by atoms with E-state index in [1.807, 2.05) is 0 Å². The first kappa shape index (κ1) is 12.0. The van der Waals surface area contributed by atoms with Crippen LogP contribution in [0.4, 0.5) is 5.69 Å². The minimum atomic E-state index is 0.732. The smallest absolute Gasteiger partial charge is 0.0373 e. The minimum Gasteiger partial charge on any atom is -0.383 e. The zero-order chi connectivity index (χ0) is 12.2. The Kier molecular flexibility index (Phi) is 3.84. The second kappa shape index (κ2) is 5.75. The van der Waals surface area contributed by atoms with Crippen LogP contribution < -0.4 is 5.32 Å². The van der Waals surface area contributed by atoms with Gasteiger partial charge < -0.3 is 5.32 Å². The third kappa shape index (κ3) is 2.69. The molecule has 2 heterocycles. The van der Waals surface area contributed by atoms with Gasteiger partial charge in [0, 0.05) is 18.3 Å². The monoisotopic (exact) mass is 244 g/mol. The first-order valence-electron chi connectivity index (χ1n) is 7.49.